The monoisotopic (exact) mass is 829 g/mol. The summed E-state index contributed by atoms with van der Waals surface area (Å²) in [4.78, 5) is 31.0. The van der Waals surface area contributed by atoms with E-state index in [2.05, 4.69) is 181 Å². The molecule has 0 aliphatic rings. The molecule has 0 N–H and O–H groups in total. The van der Waals surface area contributed by atoms with Crippen LogP contribution in [0.1, 0.15) is 202 Å². The maximum absolute atomic E-state index is 15.5. The maximum atomic E-state index is 15.5. The van der Waals surface area contributed by atoms with E-state index in [1.54, 1.807) is 0 Å². The Kier molecular flexibility index (Phi) is 12.6. The fourth-order valence-corrected chi connectivity index (χ4v) is 10.1. The van der Waals surface area contributed by atoms with Gasteiger partial charge in [-0.3, -0.25) is 9.59 Å². The lowest BCUT2D eigenvalue weighted by molar-refractivity contribution is 0.789. The van der Waals surface area contributed by atoms with E-state index in [0.29, 0.717) is 22.6 Å². The standard InChI is InChI=1S/C58H72N2O2/c1-17-37-21-47-51(27-39(37)19-3)59(55-43(33(9)10)23-41(31(5)6)24-44(55)34(11)12)53-30-50-54(29-49(53)57(47)61)60(52-28-40(20-4)38(18-2)22-48(52)58(50)62)56-45(35(13)14)25-42(32(7)8)26-46(56)36(15)16/h21-36H,17-20H2,1-16H3. The normalized spacial score (nSPS) is 12.5. The fourth-order valence-electron chi connectivity index (χ4n) is 10.1. The van der Waals surface area contributed by atoms with Crippen LogP contribution in [0.15, 0.2) is 70.3 Å². The minimum atomic E-state index is 0.0134. The smallest absolute Gasteiger partial charge is 0.197 e. The van der Waals surface area contributed by atoms with Crippen LogP contribution in [0.3, 0.4) is 0 Å². The summed E-state index contributed by atoms with van der Waals surface area (Å²) in [6, 6.07) is 22.7. The van der Waals surface area contributed by atoms with Gasteiger partial charge in [-0.25, -0.2) is 0 Å². The number of fused-ring (bicyclic) bond motifs is 4. The molecule has 5 aromatic carbocycles. The van der Waals surface area contributed by atoms with E-state index >= 15 is 9.59 Å². The highest BCUT2D eigenvalue weighted by molar-refractivity contribution is 6.06. The summed E-state index contributed by atoms with van der Waals surface area (Å²) >= 11 is 0. The van der Waals surface area contributed by atoms with Gasteiger partial charge in [-0.15, -0.1) is 0 Å². The first-order valence-electron chi connectivity index (χ1n) is 23.9. The van der Waals surface area contributed by atoms with E-state index in [4.69, 9.17) is 0 Å². The van der Waals surface area contributed by atoms with E-state index in [0.717, 1.165) is 69.9 Å². The number of hydrogen-bond donors (Lipinski definition) is 0. The van der Waals surface area contributed by atoms with Crippen LogP contribution in [0, 0.1) is 0 Å². The molecule has 0 amide bonds. The van der Waals surface area contributed by atoms with Gasteiger partial charge in [-0.2, -0.15) is 0 Å². The number of aryl methyl sites for hydroxylation is 4. The van der Waals surface area contributed by atoms with Crippen LogP contribution in [-0.2, 0) is 25.7 Å². The molecule has 0 aliphatic heterocycles. The van der Waals surface area contributed by atoms with Crippen molar-refractivity contribution in [1.82, 2.24) is 9.13 Å². The van der Waals surface area contributed by atoms with Crippen molar-refractivity contribution >= 4 is 43.6 Å². The topological polar surface area (TPSA) is 44.0 Å². The second-order valence-electron chi connectivity index (χ2n) is 19.9. The Bertz CT molecular complexity index is 2740. The molecule has 2 aromatic heterocycles. The molecule has 2 heterocycles. The van der Waals surface area contributed by atoms with Gasteiger partial charge < -0.3 is 9.13 Å². The molecule has 62 heavy (non-hydrogen) atoms. The van der Waals surface area contributed by atoms with Crippen molar-refractivity contribution in [3.63, 3.8) is 0 Å². The van der Waals surface area contributed by atoms with Gasteiger partial charge in [-0.1, -0.05) is 135 Å². The van der Waals surface area contributed by atoms with Crippen LogP contribution in [0.4, 0.5) is 0 Å². The predicted octanol–water partition coefficient (Wildman–Crippen LogP) is 15.6. The first kappa shape index (κ1) is 45.1. The number of rotatable bonds is 12. The summed E-state index contributed by atoms with van der Waals surface area (Å²) in [6.07, 6.45) is 3.43. The van der Waals surface area contributed by atoms with Crippen LogP contribution in [0.25, 0.3) is 55.0 Å². The molecule has 0 radical (unpaired) electrons. The SMILES string of the molecule is CCc1cc2c(=O)c3cc4c(cc3n(-c3c(C(C)C)cc(C(C)C)cc3C(C)C)c2cc1CC)c(=O)c1cc(CC)c(CC)cc1n4-c1c(C(C)C)cc(C(C)C)cc1C(C)C. The minimum absolute atomic E-state index is 0.0134. The summed E-state index contributed by atoms with van der Waals surface area (Å²) in [6.45, 7) is 36.1. The van der Waals surface area contributed by atoms with Crippen molar-refractivity contribution in [2.75, 3.05) is 0 Å². The first-order chi connectivity index (χ1) is 29.4. The van der Waals surface area contributed by atoms with Crippen LogP contribution in [0.2, 0.25) is 0 Å². The summed E-state index contributed by atoms with van der Waals surface area (Å²) in [5, 5.41) is 2.73. The quantitative estimate of drug-likeness (QED) is 0.115. The Labute approximate surface area is 371 Å². The van der Waals surface area contributed by atoms with Crippen molar-refractivity contribution in [2.24, 2.45) is 0 Å². The molecular formula is C58H72N2O2. The summed E-state index contributed by atoms with van der Waals surface area (Å²) in [5.74, 6) is 1.57. The number of hydrogen-bond acceptors (Lipinski definition) is 2. The first-order valence-corrected chi connectivity index (χ1v) is 23.9. The van der Waals surface area contributed by atoms with Crippen molar-refractivity contribution in [3.05, 3.63) is 137 Å². The third-order valence-electron chi connectivity index (χ3n) is 13.9. The van der Waals surface area contributed by atoms with E-state index < -0.39 is 0 Å². The Morgan fingerprint density at radius 2 is 0.581 bits per heavy atom. The van der Waals surface area contributed by atoms with Gasteiger partial charge >= 0.3 is 0 Å². The summed E-state index contributed by atoms with van der Waals surface area (Å²) in [7, 11) is 0. The largest absolute Gasteiger partial charge is 0.308 e. The van der Waals surface area contributed by atoms with Crippen molar-refractivity contribution in [1.29, 1.82) is 0 Å². The van der Waals surface area contributed by atoms with Gasteiger partial charge in [-0.05, 0) is 153 Å². The second-order valence-corrected chi connectivity index (χ2v) is 19.9. The number of pyridine rings is 2. The molecule has 0 aliphatic carbocycles. The zero-order chi connectivity index (χ0) is 45.2. The average Bonchev–Trinajstić information content (AvgIpc) is 3.24. The molecule has 0 bridgehead atoms. The number of aromatic nitrogens is 2. The third kappa shape index (κ3) is 7.43. The number of nitrogens with zero attached hydrogens (tertiary/aromatic N) is 2. The lowest BCUT2D eigenvalue weighted by Gasteiger charge is -2.29. The molecular weight excluding hydrogens is 757 g/mol. The lowest BCUT2D eigenvalue weighted by Crippen LogP contribution is -2.19. The third-order valence-corrected chi connectivity index (χ3v) is 13.9. The summed E-state index contributed by atoms with van der Waals surface area (Å²) in [5.41, 5.74) is 18.3. The lowest BCUT2D eigenvalue weighted by atomic mass is 9.86. The van der Waals surface area contributed by atoms with Gasteiger partial charge in [0.25, 0.3) is 0 Å². The Morgan fingerprint density at radius 1 is 0.339 bits per heavy atom. The van der Waals surface area contributed by atoms with Crippen LogP contribution >= 0.6 is 0 Å². The molecule has 326 valence electrons. The van der Waals surface area contributed by atoms with Gasteiger partial charge in [0.05, 0.1) is 33.4 Å². The highest BCUT2D eigenvalue weighted by atomic mass is 16.1. The van der Waals surface area contributed by atoms with E-state index in [1.807, 2.05) is 0 Å². The van der Waals surface area contributed by atoms with Gasteiger partial charge in [0.1, 0.15) is 0 Å². The predicted molar refractivity (Wildman–Crippen MR) is 270 cm³/mol. The molecule has 0 saturated carbocycles. The second kappa shape index (κ2) is 17.3. The van der Waals surface area contributed by atoms with Crippen molar-refractivity contribution in [3.8, 4) is 11.4 Å². The molecule has 4 nitrogen and oxygen atoms in total. The maximum Gasteiger partial charge on any atom is 0.197 e. The van der Waals surface area contributed by atoms with Crippen LogP contribution in [0.5, 0.6) is 0 Å². The highest BCUT2D eigenvalue weighted by Gasteiger charge is 2.27. The Morgan fingerprint density at radius 3 is 0.823 bits per heavy atom. The van der Waals surface area contributed by atoms with Crippen molar-refractivity contribution in [2.45, 2.75) is 172 Å². The Hall–Kier alpha value is -4.96. The van der Waals surface area contributed by atoms with E-state index in [-0.39, 0.29) is 34.5 Å². The molecule has 7 aromatic rings. The Balaban J connectivity index is 1.85. The highest BCUT2D eigenvalue weighted by Crippen LogP contribution is 2.42. The van der Waals surface area contributed by atoms with Crippen LogP contribution in [-0.4, -0.2) is 9.13 Å². The molecule has 0 unspecified atom stereocenters. The fraction of sp³-hybridized carbons (Fsp3) is 0.448. The number of benzene rings is 5. The van der Waals surface area contributed by atoms with Crippen molar-refractivity contribution < 1.29 is 0 Å². The zero-order valence-electron chi connectivity index (χ0n) is 40.8. The molecule has 0 fully saturated rings. The molecule has 0 saturated heterocycles. The summed E-state index contributed by atoms with van der Waals surface area (Å²) < 4.78 is 4.78. The molecule has 0 atom stereocenters. The molecule has 0 spiro atoms. The van der Waals surface area contributed by atoms with E-state index in [1.165, 1.54) is 55.6 Å². The molecule has 4 heteroatoms. The van der Waals surface area contributed by atoms with Gasteiger partial charge in [0.15, 0.2) is 10.9 Å². The average molecular weight is 829 g/mol. The zero-order valence-corrected chi connectivity index (χ0v) is 40.8. The van der Waals surface area contributed by atoms with Crippen LogP contribution < -0.4 is 10.9 Å². The van der Waals surface area contributed by atoms with Gasteiger partial charge in [0.2, 0.25) is 0 Å². The molecule has 7 rings (SSSR count). The minimum Gasteiger partial charge on any atom is -0.308 e. The van der Waals surface area contributed by atoms with Gasteiger partial charge in [0, 0.05) is 21.5 Å². The van der Waals surface area contributed by atoms with E-state index in [9.17, 15) is 0 Å².